The van der Waals surface area contributed by atoms with Crippen LogP contribution < -0.4 is 5.73 Å². The number of aromatic nitrogens is 1. The maximum Gasteiger partial charge on any atom is 0.133 e. The SMILES string of the molecule is Cc1cc(CN(C)CC(O)c2ccccc2N)no1. The van der Waals surface area contributed by atoms with Crippen LogP contribution in [0.1, 0.15) is 23.1 Å². The minimum absolute atomic E-state index is 0.486. The van der Waals surface area contributed by atoms with Crippen LogP contribution in [0.2, 0.25) is 0 Å². The number of nitrogens with two attached hydrogens (primary N) is 1. The molecule has 0 amide bonds. The van der Waals surface area contributed by atoms with Crippen LogP contribution in [0, 0.1) is 6.92 Å². The molecule has 1 aromatic carbocycles. The zero-order chi connectivity index (χ0) is 13.8. The van der Waals surface area contributed by atoms with Crippen molar-refractivity contribution < 1.29 is 9.63 Å². The molecule has 3 N–H and O–H groups in total. The number of hydrogen-bond acceptors (Lipinski definition) is 5. The van der Waals surface area contributed by atoms with Crippen LogP contribution in [-0.2, 0) is 6.54 Å². The summed E-state index contributed by atoms with van der Waals surface area (Å²) in [5.74, 6) is 0.788. The number of anilines is 1. The third kappa shape index (κ3) is 3.56. The Bertz CT molecular complexity index is 539. The van der Waals surface area contributed by atoms with Gasteiger partial charge in [-0.1, -0.05) is 23.4 Å². The average molecular weight is 261 g/mol. The summed E-state index contributed by atoms with van der Waals surface area (Å²) in [7, 11) is 1.92. The fraction of sp³-hybridized carbons (Fsp3) is 0.357. The highest BCUT2D eigenvalue weighted by molar-refractivity contribution is 5.47. The Labute approximate surface area is 112 Å². The van der Waals surface area contributed by atoms with Gasteiger partial charge in [0.2, 0.25) is 0 Å². The third-order valence-electron chi connectivity index (χ3n) is 2.95. The Hall–Kier alpha value is -1.85. The lowest BCUT2D eigenvalue weighted by molar-refractivity contribution is 0.123. The standard InChI is InChI=1S/C14H19N3O2/c1-10-7-11(16-19-10)8-17(2)9-14(18)12-5-3-4-6-13(12)15/h3-7,14,18H,8-9,15H2,1-2H3. The molecule has 0 saturated carbocycles. The molecular formula is C14H19N3O2. The first-order valence-corrected chi connectivity index (χ1v) is 6.19. The molecule has 0 bridgehead atoms. The Morgan fingerprint density at radius 2 is 2.16 bits per heavy atom. The first kappa shape index (κ1) is 13.6. The van der Waals surface area contributed by atoms with E-state index in [9.17, 15) is 5.11 Å². The average Bonchev–Trinajstić information content (AvgIpc) is 2.74. The first-order chi connectivity index (χ1) is 9.06. The number of nitrogen functional groups attached to an aromatic ring is 1. The van der Waals surface area contributed by atoms with Crippen molar-refractivity contribution in [3.8, 4) is 0 Å². The van der Waals surface area contributed by atoms with Gasteiger partial charge in [-0.05, 0) is 20.0 Å². The van der Waals surface area contributed by atoms with Gasteiger partial charge in [0.15, 0.2) is 0 Å². The minimum atomic E-state index is -0.612. The molecule has 0 aliphatic rings. The van der Waals surface area contributed by atoms with Gasteiger partial charge in [0.05, 0.1) is 11.8 Å². The van der Waals surface area contributed by atoms with Crippen LogP contribution in [0.3, 0.4) is 0 Å². The number of hydrogen-bond donors (Lipinski definition) is 2. The van der Waals surface area contributed by atoms with E-state index in [1.807, 2.05) is 43.1 Å². The number of rotatable bonds is 5. The minimum Gasteiger partial charge on any atom is -0.398 e. The summed E-state index contributed by atoms with van der Waals surface area (Å²) in [5, 5.41) is 14.1. The maximum atomic E-state index is 10.2. The number of benzene rings is 1. The summed E-state index contributed by atoms with van der Waals surface area (Å²) in [6.07, 6.45) is -0.612. The molecule has 5 heteroatoms. The van der Waals surface area contributed by atoms with Crippen LogP contribution in [0.4, 0.5) is 5.69 Å². The summed E-state index contributed by atoms with van der Waals surface area (Å²) in [6.45, 7) is 2.97. The van der Waals surface area contributed by atoms with Crippen molar-refractivity contribution in [1.82, 2.24) is 10.1 Å². The fourth-order valence-electron chi connectivity index (χ4n) is 2.04. The number of aliphatic hydroxyl groups excluding tert-OH is 1. The number of para-hydroxylation sites is 1. The summed E-state index contributed by atoms with van der Waals surface area (Å²) < 4.78 is 5.01. The molecule has 0 radical (unpaired) electrons. The topological polar surface area (TPSA) is 75.5 Å². The predicted octanol–water partition coefficient (Wildman–Crippen LogP) is 1.73. The third-order valence-corrected chi connectivity index (χ3v) is 2.95. The van der Waals surface area contributed by atoms with Crippen LogP contribution in [0.25, 0.3) is 0 Å². The normalized spacial score (nSPS) is 12.8. The van der Waals surface area contributed by atoms with Gasteiger partial charge in [-0.3, -0.25) is 4.90 Å². The van der Waals surface area contributed by atoms with Gasteiger partial charge in [-0.25, -0.2) is 0 Å². The molecule has 1 atom stereocenters. The monoisotopic (exact) mass is 261 g/mol. The zero-order valence-corrected chi connectivity index (χ0v) is 11.2. The van der Waals surface area contributed by atoms with Crippen molar-refractivity contribution in [3.63, 3.8) is 0 Å². The van der Waals surface area contributed by atoms with Crippen molar-refractivity contribution in [2.75, 3.05) is 19.3 Å². The first-order valence-electron chi connectivity index (χ1n) is 6.19. The molecule has 0 saturated heterocycles. The van der Waals surface area contributed by atoms with Crippen molar-refractivity contribution >= 4 is 5.69 Å². The predicted molar refractivity (Wildman–Crippen MR) is 73.4 cm³/mol. The lowest BCUT2D eigenvalue weighted by Gasteiger charge is -2.20. The Morgan fingerprint density at radius 1 is 1.42 bits per heavy atom. The highest BCUT2D eigenvalue weighted by Crippen LogP contribution is 2.20. The number of aliphatic hydroxyl groups is 1. The van der Waals surface area contributed by atoms with E-state index >= 15 is 0 Å². The van der Waals surface area contributed by atoms with Gasteiger partial charge >= 0.3 is 0 Å². The van der Waals surface area contributed by atoms with E-state index in [-0.39, 0.29) is 0 Å². The van der Waals surface area contributed by atoms with Crippen LogP contribution >= 0.6 is 0 Å². The van der Waals surface area contributed by atoms with Gasteiger partial charge in [-0.2, -0.15) is 0 Å². The molecular weight excluding hydrogens is 242 g/mol. The van der Waals surface area contributed by atoms with E-state index in [0.29, 0.717) is 18.8 Å². The summed E-state index contributed by atoms with van der Waals surface area (Å²) in [6, 6.07) is 9.25. The molecule has 19 heavy (non-hydrogen) atoms. The molecule has 0 spiro atoms. The highest BCUT2D eigenvalue weighted by atomic mass is 16.5. The molecule has 5 nitrogen and oxygen atoms in total. The molecule has 2 aromatic rings. The van der Waals surface area contributed by atoms with Crippen molar-refractivity contribution in [3.05, 3.63) is 47.3 Å². The Morgan fingerprint density at radius 3 is 2.79 bits per heavy atom. The molecule has 1 aromatic heterocycles. The molecule has 102 valence electrons. The van der Waals surface area contributed by atoms with E-state index in [1.165, 1.54) is 0 Å². The lowest BCUT2D eigenvalue weighted by Crippen LogP contribution is -2.24. The lowest BCUT2D eigenvalue weighted by atomic mass is 10.1. The summed E-state index contributed by atoms with van der Waals surface area (Å²) >= 11 is 0. The van der Waals surface area contributed by atoms with Crippen molar-refractivity contribution in [2.24, 2.45) is 0 Å². The Kier molecular flexibility index (Phi) is 4.19. The maximum absolute atomic E-state index is 10.2. The summed E-state index contributed by atoms with van der Waals surface area (Å²) in [4.78, 5) is 1.98. The van der Waals surface area contributed by atoms with E-state index < -0.39 is 6.10 Å². The van der Waals surface area contributed by atoms with Gasteiger partial charge in [0, 0.05) is 30.4 Å². The highest BCUT2D eigenvalue weighted by Gasteiger charge is 2.14. The molecule has 0 aliphatic heterocycles. The van der Waals surface area contributed by atoms with Gasteiger partial charge < -0.3 is 15.4 Å². The molecule has 0 aliphatic carbocycles. The van der Waals surface area contributed by atoms with Crippen LogP contribution in [0.15, 0.2) is 34.9 Å². The second-order valence-electron chi connectivity index (χ2n) is 4.77. The molecule has 2 rings (SSSR count). The van der Waals surface area contributed by atoms with Gasteiger partial charge in [-0.15, -0.1) is 0 Å². The second kappa shape index (κ2) is 5.86. The van der Waals surface area contributed by atoms with E-state index in [4.69, 9.17) is 10.3 Å². The fourth-order valence-corrected chi connectivity index (χ4v) is 2.04. The van der Waals surface area contributed by atoms with Crippen molar-refractivity contribution in [2.45, 2.75) is 19.6 Å². The quantitative estimate of drug-likeness (QED) is 0.802. The number of nitrogens with zero attached hydrogens (tertiary/aromatic N) is 2. The van der Waals surface area contributed by atoms with E-state index in [0.717, 1.165) is 17.0 Å². The van der Waals surface area contributed by atoms with Crippen molar-refractivity contribution in [1.29, 1.82) is 0 Å². The Balaban J connectivity index is 1.95. The molecule has 0 fully saturated rings. The number of likely N-dealkylation sites (N-methyl/N-ethyl adjacent to an activating group) is 1. The van der Waals surface area contributed by atoms with Crippen LogP contribution in [0.5, 0.6) is 0 Å². The zero-order valence-electron chi connectivity index (χ0n) is 11.2. The van der Waals surface area contributed by atoms with Gasteiger partial charge in [0.1, 0.15) is 5.76 Å². The number of aryl methyl sites for hydroxylation is 1. The van der Waals surface area contributed by atoms with Crippen LogP contribution in [-0.4, -0.2) is 28.8 Å². The van der Waals surface area contributed by atoms with E-state index in [2.05, 4.69) is 5.16 Å². The smallest absolute Gasteiger partial charge is 0.133 e. The molecule has 1 heterocycles. The molecule has 1 unspecified atom stereocenters. The summed E-state index contributed by atoms with van der Waals surface area (Å²) in [5.41, 5.74) is 8.07. The van der Waals surface area contributed by atoms with Gasteiger partial charge in [0.25, 0.3) is 0 Å². The second-order valence-corrected chi connectivity index (χ2v) is 4.77. The van der Waals surface area contributed by atoms with E-state index in [1.54, 1.807) is 6.07 Å². The largest absolute Gasteiger partial charge is 0.398 e.